The summed E-state index contributed by atoms with van der Waals surface area (Å²) in [6, 6.07) is 6.08. The van der Waals surface area contributed by atoms with Crippen LogP contribution in [0, 0.1) is 5.82 Å². The van der Waals surface area contributed by atoms with E-state index in [1.807, 2.05) is 6.92 Å². The molecule has 2 aromatic heterocycles. The number of benzene rings is 1. The lowest BCUT2D eigenvalue weighted by Gasteiger charge is -2.08. The van der Waals surface area contributed by atoms with Crippen molar-refractivity contribution in [3.63, 3.8) is 0 Å². The van der Waals surface area contributed by atoms with Crippen LogP contribution in [0.4, 0.5) is 4.39 Å². The van der Waals surface area contributed by atoms with Crippen molar-refractivity contribution in [2.24, 2.45) is 0 Å². The van der Waals surface area contributed by atoms with Gasteiger partial charge in [0.25, 0.3) is 0 Å². The van der Waals surface area contributed by atoms with Crippen LogP contribution in [0.15, 0.2) is 30.5 Å². The zero-order valence-electron chi connectivity index (χ0n) is 13.5. The average Bonchev–Trinajstić information content (AvgIpc) is 3.01. The lowest BCUT2D eigenvalue weighted by molar-refractivity contribution is 0.0515. The Hall–Kier alpha value is -2.83. The summed E-state index contributed by atoms with van der Waals surface area (Å²) in [4.78, 5) is 12.1. The predicted octanol–water partition coefficient (Wildman–Crippen LogP) is 3.06. The number of aryl methyl sites for hydroxylation is 1. The zero-order chi connectivity index (χ0) is 17.1. The molecule has 0 saturated heterocycles. The molecule has 0 aliphatic carbocycles. The predicted molar refractivity (Wildman–Crippen MR) is 86.1 cm³/mol. The standard InChI is InChI=1S/C17H17FN4O2/c1-3-5-14-15(17(23)24-4-2)20-21-16-13(10-19-22(14)16)11-6-8-12(18)9-7-11/h6-10H,3-5H2,1-2H3. The molecule has 0 atom stereocenters. The number of esters is 1. The van der Waals surface area contributed by atoms with Crippen LogP contribution in [-0.2, 0) is 11.2 Å². The summed E-state index contributed by atoms with van der Waals surface area (Å²) in [6.07, 6.45) is 3.08. The maximum Gasteiger partial charge on any atom is 0.360 e. The van der Waals surface area contributed by atoms with Gasteiger partial charge in [-0.3, -0.25) is 0 Å². The first-order valence-corrected chi connectivity index (χ1v) is 7.82. The minimum atomic E-state index is -0.505. The highest BCUT2D eigenvalue weighted by Gasteiger charge is 2.21. The molecule has 0 fully saturated rings. The van der Waals surface area contributed by atoms with Crippen LogP contribution in [0.5, 0.6) is 0 Å². The fourth-order valence-electron chi connectivity index (χ4n) is 2.54. The molecule has 0 unspecified atom stereocenters. The minimum Gasteiger partial charge on any atom is -0.461 e. The highest BCUT2D eigenvalue weighted by molar-refractivity contribution is 5.89. The maximum absolute atomic E-state index is 13.1. The van der Waals surface area contributed by atoms with E-state index in [0.717, 1.165) is 17.5 Å². The molecule has 0 N–H and O–H groups in total. The summed E-state index contributed by atoms with van der Waals surface area (Å²) >= 11 is 0. The summed E-state index contributed by atoms with van der Waals surface area (Å²) in [7, 11) is 0. The van der Waals surface area contributed by atoms with Gasteiger partial charge in [-0.15, -0.1) is 10.2 Å². The van der Waals surface area contributed by atoms with Crippen LogP contribution in [0.2, 0.25) is 0 Å². The smallest absolute Gasteiger partial charge is 0.360 e. The Kier molecular flexibility index (Phi) is 4.50. The second-order valence-corrected chi connectivity index (χ2v) is 5.27. The number of hydrogen-bond acceptors (Lipinski definition) is 5. The SMILES string of the molecule is CCCc1c(C(=O)OCC)nnc2c(-c3ccc(F)cc3)cnn12. The second-order valence-electron chi connectivity index (χ2n) is 5.27. The Balaban J connectivity index is 2.15. The maximum atomic E-state index is 13.1. The summed E-state index contributed by atoms with van der Waals surface area (Å²) in [5.41, 5.74) is 2.88. The molecular formula is C17H17FN4O2. The van der Waals surface area contributed by atoms with Crippen molar-refractivity contribution < 1.29 is 13.9 Å². The van der Waals surface area contributed by atoms with E-state index in [0.29, 0.717) is 17.8 Å². The van der Waals surface area contributed by atoms with Crippen LogP contribution < -0.4 is 0 Å². The molecule has 3 aromatic rings. The van der Waals surface area contributed by atoms with E-state index in [1.165, 1.54) is 12.1 Å². The number of halogens is 1. The highest BCUT2D eigenvalue weighted by atomic mass is 19.1. The second kappa shape index (κ2) is 6.74. The molecule has 1 aromatic carbocycles. The lowest BCUT2D eigenvalue weighted by atomic mass is 10.1. The molecule has 124 valence electrons. The van der Waals surface area contributed by atoms with Crippen molar-refractivity contribution >= 4 is 11.6 Å². The van der Waals surface area contributed by atoms with Crippen LogP contribution in [0.25, 0.3) is 16.8 Å². The first kappa shape index (κ1) is 16.0. The van der Waals surface area contributed by atoms with Gasteiger partial charge in [-0.2, -0.15) is 5.10 Å². The minimum absolute atomic E-state index is 0.181. The van der Waals surface area contributed by atoms with E-state index < -0.39 is 5.97 Å². The first-order chi connectivity index (χ1) is 11.7. The third-order valence-corrected chi connectivity index (χ3v) is 3.63. The Morgan fingerprint density at radius 2 is 1.96 bits per heavy atom. The first-order valence-electron chi connectivity index (χ1n) is 7.82. The van der Waals surface area contributed by atoms with Crippen molar-refractivity contribution in [2.75, 3.05) is 6.61 Å². The number of nitrogens with zero attached hydrogens (tertiary/aromatic N) is 4. The molecule has 24 heavy (non-hydrogen) atoms. The van der Waals surface area contributed by atoms with Gasteiger partial charge in [0.05, 0.1) is 18.5 Å². The molecule has 0 bridgehead atoms. The topological polar surface area (TPSA) is 69.4 Å². The number of ether oxygens (including phenoxy) is 1. The number of hydrogen-bond donors (Lipinski definition) is 0. The Bertz CT molecular complexity index is 874. The van der Waals surface area contributed by atoms with Gasteiger partial charge in [0, 0.05) is 5.56 Å². The quantitative estimate of drug-likeness (QED) is 0.673. The third-order valence-electron chi connectivity index (χ3n) is 3.63. The third kappa shape index (κ3) is 2.84. The van der Waals surface area contributed by atoms with Gasteiger partial charge in [0.1, 0.15) is 5.82 Å². The number of aromatic nitrogens is 4. The van der Waals surface area contributed by atoms with Gasteiger partial charge in [0.15, 0.2) is 11.3 Å². The van der Waals surface area contributed by atoms with Gasteiger partial charge in [0.2, 0.25) is 0 Å². The van der Waals surface area contributed by atoms with E-state index in [-0.39, 0.29) is 18.1 Å². The normalized spacial score (nSPS) is 11.0. The summed E-state index contributed by atoms with van der Waals surface area (Å²) in [6.45, 7) is 4.01. The lowest BCUT2D eigenvalue weighted by Crippen LogP contribution is -2.16. The molecule has 0 aliphatic rings. The van der Waals surface area contributed by atoms with Crippen molar-refractivity contribution in [1.29, 1.82) is 0 Å². The molecule has 0 saturated carbocycles. The van der Waals surface area contributed by atoms with E-state index in [1.54, 1.807) is 29.8 Å². The summed E-state index contributed by atoms with van der Waals surface area (Å²) in [5, 5.41) is 12.6. The number of rotatable bonds is 5. The Morgan fingerprint density at radius 1 is 1.21 bits per heavy atom. The molecule has 0 spiro atoms. The van der Waals surface area contributed by atoms with Crippen LogP contribution >= 0.6 is 0 Å². The zero-order valence-corrected chi connectivity index (χ0v) is 13.5. The molecule has 2 heterocycles. The molecule has 0 radical (unpaired) electrons. The fourth-order valence-corrected chi connectivity index (χ4v) is 2.54. The molecule has 3 rings (SSSR count). The van der Waals surface area contributed by atoms with Crippen LogP contribution in [-0.4, -0.2) is 32.4 Å². The summed E-state index contributed by atoms with van der Waals surface area (Å²) in [5.74, 6) is -0.813. The van der Waals surface area contributed by atoms with Gasteiger partial charge in [-0.05, 0) is 31.0 Å². The van der Waals surface area contributed by atoms with Gasteiger partial charge in [-0.25, -0.2) is 13.7 Å². The molecule has 0 aliphatic heterocycles. The van der Waals surface area contributed by atoms with Gasteiger partial charge >= 0.3 is 5.97 Å². The number of fused-ring (bicyclic) bond motifs is 1. The monoisotopic (exact) mass is 328 g/mol. The molecule has 0 amide bonds. The highest BCUT2D eigenvalue weighted by Crippen LogP contribution is 2.25. The average molecular weight is 328 g/mol. The van der Waals surface area contributed by atoms with Crippen molar-refractivity contribution in [3.8, 4) is 11.1 Å². The fraction of sp³-hybridized carbons (Fsp3) is 0.294. The molecule has 6 nitrogen and oxygen atoms in total. The van der Waals surface area contributed by atoms with Crippen molar-refractivity contribution in [2.45, 2.75) is 26.7 Å². The number of carbonyl (C=O) groups excluding carboxylic acids is 1. The van der Waals surface area contributed by atoms with Gasteiger partial charge < -0.3 is 4.74 Å². The Morgan fingerprint density at radius 3 is 2.62 bits per heavy atom. The Labute approximate surface area is 138 Å². The van der Waals surface area contributed by atoms with Crippen LogP contribution in [0.3, 0.4) is 0 Å². The van der Waals surface area contributed by atoms with Crippen molar-refractivity contribution in [1.82, 2.24) is 19.8 Å². The van der Waals surface area contributed by atoms with E-state index >= 15 is 0 Å². The van der Waals surface area contributed by atoms with E-state index in [4.69, 9.17) is 4.74 Å². The number of carbonyl (C=O) groups is 1. The summed E-state index contributed by atoms with van der Waals surface area (Å²) < 4.78 is 19.8. The van der Waals surface area contributed by atoms with E-state index in [2.05, 4.69) is 15.3 Å². The van der Waals surface area contributed by atoms with Gasteiger partial charge in [-0.1, -0.05) is 25.5 Å². The molecule has 7 heteroatoms. The largest absolute Gasteiger partial charge is 0.461 e. The van der Waals surface area contributed by atoms with Crippen LogP contribution in [0.1, 0.15) is 36.5 Å². The van der Waals surface area contributed by atoms with Crippen molar-refractivity contribution in [3.05, 3.63) is 47.7 Å². The van der Waals surface area contributed by atoms with E-state index in [9.17, 15) is 9.18 Å². The molecular weight excluding hydrogens is 311 g/mol.